The van der Waals surface area contributed by atoms with Crippen molar-refractivity contribution in [2.75, 3.05) is 7.11 Å². The van der Waals surface area contributed by atoms with E-state index in [0.29, 0.717) is 5.02 Å². The number of esters is 1. The van der Waals surface area contributed by atoms with Crippen LogP contribution in [0.5, 0.6) is 0 Å². The summed E-state index contributed by atoms with van der Waals surface area (Å²) in [5.41, 5.74) is 0.754. The van der Waals surface area contributed by atoms with Gasteiger partial charge in [0.25, 0.3) is 5.91 Å². The summed E-state index contributed by atoms with van der Waals surface area (Å²) < 4.78 is 9.69. The maximum Gasteiger partial charge on any atom is 0.307 e. The van der Waals surface area contributed by atoms with Crippen molar-refractivity contribution in [3.8, 4) is 0 Å². The van der Waals surface area contributed by atoms with Gasteiger partial charge in [0.1, 0.15) is 0 Å². The largest absolute Gasteiger partial charge is 0.469 e. The van der Waals surface area contributed by atoms with Crippen LogP contribution in [0.1, 0.15) is 28.6 Å². The first-order valence-corrected chi connectivity index (χ1v) is 6.64. The monoisotopic (exact) mass is 307 g/mol. The van der Waals surface area contributed by atoms with Gasteiger partial charge in [-0.25, -0.2) is 0 Å². The highest BCUT2D eigenvalue weighted by molar-refractivity contribution is 6.30. The van der Waals surface area contributed by atoms with E-state index in [4.69, 9.17) is 16.0 Å². The SMILES string of the molecule is COC(=O)C[C@H](NC(=O)c1ccco1)c1ccc(Cl)cc1. The minimum absolute atomic E-state index is 0.0184. The van der Waals surface area contributed by atoms with Crippen molar-refractivity contribution in [3.63, 3.8) is 0 Å². The number of carbonyl (C=O) groups excluding carboxylic acids is 2. The molecule has 0 radical (unpaired) electrons. The number of hydrogen-bond donors (Lipinski definition) is 1. The predicted molar refractivity (Wildman–Crippen MR) is 77.0 cm³/mol. The molecule has 0 saturated heterocycles. The van der Waals surface area contributed by atoms with Crippen molar-refractivity contribution < 1.29 is 18.7 Å². The van der Waals surface area contributed by atoms with Gasteiger partial charge in [0.05, 0.1) is 25.8 Å². The standard InChI is InChI=1S/C15H14ClNO4/c1-20-14(18)9-12(10-4-6-11(16)7-5-10)17-15(19)13-3-2-8-21-13/h2-8,12H,9H2,1H3,(H,17,19)/t12-/m0/s1. The maximum absolute atomic E-state index is 12.0. The van der Waals surface area contributed by atoms with E-state index < -0.39 is 17.9 Å². The Balaban J connectivity index is 2.17. The van der Waals surface area contributed by atoms with E-state index in [9.17, 15) is 9.59 Å². The quantitative estimate of drug-likeness (QED) is 0.862. The third-order valence-corrected chi connectivity index (χ3v) is 3.17. The van der Waals surface area contributed by atoms with Crippen molar-refractivity contribution in [1.82, 2.24) is 5.32 Å². The lowest BCUT2D eigenvalue weighted by Crippen LogP contribution is -2.30. The van der Waals surface area contributed by atoms with E-state index in [1.165, 1.54) is 13.4 Å². The van der Waals surface area contributed by atoms with Crippen LogP contribution in [0.3, 0.4) is 0 Å². The second-order valence-electron chi connectivity index (χ2n) is 4.34. The summed E-state index contributed by atoms with van der Waals surface area (Å²) in [5, 5.41) is 3.32. The molecule has 1 heterocycles. The summed E-state index contributed by atoms with van der Waals surface area (Å²) in [6.07, 6.45) is 1.43. The van der Waals surface area contributed by atoms with Crippen molar-refractivity contribution in [1.29, 1.82) is 0 Å². The Bertz CT molecular complexity index is 607. The minimum atomic E-state index is -0.521. The van der Waals surface area contributed by atoms with Gasteiger partial charge in [0.15, 0.2) is 5.76 Å². The lowest BCUT2D eigenvalue weighted by Gasteiger charge is -2.17. The second kappa shape index (κ2) is 6.95. The molecule has 0 aliphatic heterocycles. The molecule has 0 saturated carbocycles. The fourth-order valence-electron chi connectivity index (χ4n) is 1.83. The molecule has 1 amide bonds. The Kier molecular flexibility index (Phi) is 5.00. The zero-order valence-electron chi connectivity index (χ0n) is 11.3. The zero-order chi connectivity index (χ0) is 15.2. The molecular weight excluding hydrogens is 294 g/mol. The Morgan fingerprint density at radius 1 is 1.29 bits per heavy atom. The van der Waals surface area contributed by atoms with Crippen molar-refractivity contribution in [3.05, 3.63) is 59.0 Å². The average Bonchev–Trinajstić information content (AvgIpc) is 3.01. The molecule has 21 heavy (non-hydrogen) atoms. The average molecular weight is 308 g/mol. The van der Waals surface area contributed by atoms with E-state index >= 15 is 0 Å². The Hall–Kier alpha value is -2.27. The number of nitrogens with one attached hydrogen (secondary N) is 1. The van der Waals surface area contributed by atoms with E-state index in [0.717, 1.165) is 5.56 Å². The molecule has 1 N–H and O–H groups in total. The van der Waals surface area contributed by atoms with E-state index in [1.807, 2.05) is 0 Å². The van der Waals surface area contributed by atoms with Crippen LogP contribution in [-0.2, 0) is 9.53 Å². The highest BCUT2D eigenvalue weighted by atomic mass is 35.5. The summed E-state index contributed by atoms with van der Waals surface area (Å²) in [4.78, 5) is 23.6. The molecule has 5 nitrogen and oxygen atoms in total. The fraction of sp³-hybridized carbons (Fsp3) is 0.200. The first-order chi connectivity index (χ1) is 10.1. The van der Waals surface area contributed by atoms with Gasteiger partial charge < -0.3 is 14.5 Å². The summed E-state index contributed by atoms with van der Waals surface area (Å²) in [6.45, 7) is 0. The molecule has 1 atom stereocenters. The number of methoxy groups -OCH3 is 1. The molecule has 0 unspecified atom stereocenters. The Morgan fingerprint density at radius 2 is 2.00 bits per heavy atom. The second-order valence-corrected chi connectivity index (χ2v) is 4.77. The fourth-order valence-corrected chi connectivity index (χ4v) is 1.96. The third kappa shape index (κ3) is 4.10. The number of halogens is 1. The van der Waals surface area contributed by atoms with Gasteiger partial charge in [-0.05, 0) is 29.8 Å². The highest BCUT2D eigenvalue weighted by Crippen LogP contribution is 2.20. The molecule has 0 aliphatic rings. The van der Waals surface area contributed by atoms with Crippen molar-refractivity contribution >= 4 is 23.5 Å². The van der Waals surface area contributed by atoms with Gasteiger partial charge in [-0.1, -0.05) is 23.7 Å². The highest BCUT2D eigenvalue weighted by Gasteiger charge is 2.20. The van der Waals surface area contributed by atoms with E-state index in [2.05, 4.69) is 10.1 Å². The lowest BCUT2D eigenvalue weighted by atomic mass is 10.0. The van der Waals surface area contributed by atoms with Gasteiger partial charge >= 0.3 is 5.97 Å². The van der Waals surface area contributed by atoms with Gasteiger partial charge in [0, 0.05) is 5.02 Å². The molecule has 0 aliphatic carbocycles. The third-order valence-electron chi connectivity index (χ3n) is 2.92. The summed E-state index contributed by atoms with van der Waals surface area (Å²) >= 11 is 5.84. The van der Waals surface area contributed by atoms with Crippen LogP contribution in [0.15, 0.2) is 47.1 Å². The predicted octanol–water partition coefficient (Wildman–Crippen LogP) is 2.97. The van der Waals surface area contributed by atoms with E-state index in [1.54, 1.807) is 36.4 Å². The topological polar surface area (TPSA) is 68.5 Å². The van der Waals surface area contributed by atoms with Crippen molar-refractivity contribution in [2.24, 2.45) is 0 Å². The van der Waals surface area contributed by atoms with Crippen molar-refractivity contribution in [2.45, 2.75) is 12.5 Å². The molecule has 0 bridgehead atoms. The number of amides is 1. The van der Waals surface area contributed by atoms with E-state index in [-0.39, 0.29) is 12.2 Å². The Labute approximate surface area is 126 Å². The van der Waals surface area contributed by atoms with Crippen LogP contribution in [0.4, 0.5) is 0 Å². The van der Waals surface area contributed by atoms with Gasteiger partial charge in [-0.3, -0.25) is 9.59 Å². The molecule has 0 fully saturated rings. The molecule has 0 spiro atoms. The first kappa shape index (κ1) is 15.1. The molecule has 2 aromatic rings. The number of carbonyl (C=O) groups is 2. The number of rotatable bonds is 5. The Morgan fingerprint density at radius 3 is 2.57 bits per heavy atom. The minimum Gasteiger partial charge on any atom is -0.469 e. The lowest BCUT2D eigenvalue weighted by molar-refractivity contribution is -0.141. The van der Waals surface area contributed by atoms with Crippen LogP contribution in [0.25, 0.3) is 0 Å². The number of ether oxygens (including phenoxy) is 1. The first-order valence-electron chi connectivity index (χ1n) is 6.27. The normalized spacial score (nSPS) is 11.7. The number of furan rings is 1. The van der Waals surface area contributed by atoms with Crippen LogP contribution in [0.2, 0.25) is 5.02 Å². The van der Waals surface area contributed by atoms with Crippen LogP contribution in [0, 0.1) is 0 Å². The molecular formula is C15H14ClNO4. The van der Waals surface area contributed by atoms with Crippen LogP contribution in [-0.4, -0.2) is 19.0 Å². The smallest absolute Gasteiger partial charge is 0.307 e. The van der Waals surface area contributed by atoms with Gasteiger partial charge in [-0.15, -0.1) is 0 Å². The molecule has 1 aromatic carbocycles. The molecule has 1 aromatic heterocycles. The number of benzene rings is 1. The molecule has 110 valence electrons. The number of hydrogen-bond acceptors (Lipinski definition) is 4. The molecule has 2 rings (SSSR count). The summed E-state index contributed by atoms with van der Waals surface area (Å²) in [7, 11) is 1.30. The van der Waals surface area contributed by atoms with Gasteiger partial charge in [-0.2, -0.15) is 0 Å². The van der Waals surface area contributed by atoms with Crippen LogP contribution >= 0.6 is 11.6 Å². The van der Waals surface area contributed by atoms with Gasteiger partial charge in [0.2, 0.25) is 0 Å². The zero-order valence-corrected chi connectivity index (χ0v) is 12.1. The maximum atomic E-state index is 12.0. The summed E-state index contributed by atoms with van der Waals surface area (Å²) in [5.74, 6) is -0.641. The summed E-state index contributed by atoms with van der Waals surface area (Å²) in [6, 6.07) is 9.53. The van der Waals surface area contributed by atoms with Crippen LogP contribution < -0.4 is 5.32 Å². The molecule has 6 heteroatoms.